The molecule has 1 aliphatic heterocycles. The first-order chi connectivity index (χ1) is 5.74. The lowest BCUT2D eigenvalue weighted by Gasteiger charge is -2.26. The third kappa shape index (κ3) is 2.44. The van der Waals surface area contributed by atoms with Gasteiger partial charge in [0.15, 0.2) is 0 Å². The highest BCUT2D eigenvalue weighted by Gasteiger charge is 2.22. The van der Waals surface area contributed by atoms with Crippen LogP contribution in [0.2, 0.25) is 0 Å². The van der Waals surface area contributed by atoms with Gasteiger partial charge in [-0.3, -0.25) is 4.79 Å². The van der Waals surface area contributed by atoms with Crippen LogP contribution in [0, 0.1) is 0 Å². The maximum Gasteiger partial charge on any atom is 0.325 e. The first-order valence-corrected chi connectivity index (χ1v) is 3.76. The molecule has 0 aromatic heterocycles. The van der Waals surface area contributed by atoms with Crippen molar-refractivity contribution >= 4 is 5.97 Å². The van der Waals surface area contributed by atoms with Crippen LogP contribution in [0.25, 0.3) is 0 Å². The van der Waals surface area contributed by atoms with Crippen molar-refractivity contribution < 1.29 is 19.0 Å². The maximum absolute atomic E-state index is 10.8. The van der Waals surface area contributed by atoms with E-state index in [4.69, 9.17) is 15.2 Å². The van der Waals surface area contributed by atoms with Crippen LogP contribution in [-0.2, 0) is 19.0 Å². The van der Waals surface area contributed by atoms with Crippen LogP contribution in [0.5, 0.6) is 0 Å². The lowest BCUT2D eigenvalue weighted by Crippen LogP contribution is -2.42. The van der Waals surface area contributed by atoms with Crippen LogP contribution in [0.1, 0.15) is 0 Å². The normalized spacial score (nSPS) is 19.8. The van der Waals surface area contributed by atoms with Crippen LogP contribution in [-0.4, -0.2) is 45.0 Å². The van der Waals surface area contributed by atoms with Crippen molar-refractivity contribution in [3.63, 3.8) is 0 Å². The van der Waals surface area contributed by atoms with Crippen molar-refractivity contribution in [1.82, 2.24) is 0 Å². The molecule has 12 heavy (non-hydrogen) atoms. The molecule has 2 N–H and O–H groups in total. The summed E-state index contributed by atoms with van der Waals surface area (Å²) in [6, 6.07) is -0.685. The Bertz CT molecular complexity index is 157. The van der Waals surface area contributed by atoms with Crippen molar-refractivity contribution in [3.05, 3.63) is 0 Å². The molecule has 0 aromatic rings. The number of hydrogen-bond donors (Lipinski definition) is 1. The summed E-state index contributed by atoms with van der Waals surface area (Å²) in [6.45, 7) is 1.38. The summed E-state index contributed by atoms with van der Waals surface area (Å²) in [4.78, 5) is 10.8. The van der Waals surface area contributed by atoms with Crippen molar-refractivity contribution in [3.8, 4) is 0 Å². The highest BCUT2D eigenvalue weighted by molar-refractivity contribution is 5.75. The van der Waals surface area contributed by atoms with Gasteiger partial charge >= 0.3 is 5.97 Å². The predicted molar refractivity (Wildman–Crippen MR) is 40.6 cm³/mol. The third-order valence-corrected chi connectivity index (χ3v) is 1.62. The van der Waals surface area contributed by atoms with Gasteiger partial charge in [0.2, 0.25) is 0 Å². The van der Waals surface area contributed by atoms with Crippen molar-refractivity contribution in [2.24, 2.45) is 5.73 Å². The van der Waals surface area contributed by atoms with E-state index >= 15 is 0 Å². The van der Waals surface area contributed by atoms with E-state index in [-0.39, 0.29) is 12.7 Å². The molecule has 1 atom stereocenters. The SMILES string of the molecule is COC(=O)C(N)COC1COC1. The number of esters is 1. The monoisotopic (exact) mass is 175 g/mol. The summed E-state index contributed by atoms with van der Waals surface area (Å²) in [5, 5.41) is 0. The topological polar surface area (TPSA) is 70.8 Å². The quantitative estimate of drug-likeness (QED) is 0.549. The zero-order chi connectivity index (χ0) is 8.97. The molecule has 1 unspecified atom stereocenters. The summed E-state index contributed by atoms with van der Waals surface area (Å²) < 4.78 is 14.5. The molecule has 0 saturated carbocycles. The van der Waals surface area contributed by atoms with Gasteiger partial charge in [0.05, 0.1) is 26.9 Å². The van der Waals surface area contributed by atoms with Gasteiger partial charge in [-0.1, -0.05) is 0 Å². The molecule has 1 rings (SSSR count). The van der Waals surface area contributed by atoms with Crippen LogP contribution in [0.15, 0.2) is 0 Å². The summed E-state index contributed by atoms with van der Waals surface area (Å²) in [5.74, 6) is -0.449. The molecule has 0 aliphatic carbocycles. The zero-order valence-corrected chi connectivity index (χ0v) is 6.99. The Morgan fingerprint density at radius 1 is 1.75 bits per heavy atom. The fourth-order valence-electron chi connectivity index (χ4n) is 0.769. The molecule has 0 amide bonds. The van der Waals surface area contributed by atoms with Crippen molar-refractivity contribution in [2.45, 2.75) is 12.1 Å². The minimum absolute atomic E-state index is 0.0979. The number of carbonyl (C=O) groups is 1. The first-order valence-electron chi connectivity index (χ1n) is 3.76. The Kier molecular flexibility index (Phi) is 3.46. The summed E-state index contributed by atoms with van der Waals surface area (Å²) in [5.41, 5.74) is 5.41. The summed E-state index contributed by atoms with van der Waals surface area (Å²) in [6.07, 6.45) is 0.0979. The molecule has 1 heterocycles. The van der Waals surface area contributed by atoms with Gasteiger partial charge in [-0.05, 0) is 0 Å². The second-order valence-electron chi connectivity index (χ2n) is 2.62. The Morgan fingerprint density at radius 3 is 2.83 bits per heavy atom. The molecule has 5 nitrogen and oxygen atoms in total. The second-order valence-corrected chi connectivity index (χ2v) is 2.62. The fraction of sp³-hybridized carbons (Fsp3) is 0.857. The van der Waals surface area contributed by atoms with Crippen LogP contribution < -0.4 is 5.73 Å². The average molecular weight is 175 g/mol. The first kappa shape index (κ1) is 9.44. The van der Waals surface area contributed by atoms with Gasteiger partial charge in [0.1, 0.15) is 12.1 Å². The molecule has 5 heteroatoms. The Balaban J connectivity index is 2.08. The van der Waals surface area contributed by atoms with Gasteiger partial charge < -0.3 is 19.9 Å². The molecule has 0 radical (unpaired) electrons. The molecular weight excluding hydrogens is 162 g/mol. The maximum atomic E-state index is 10.8. The molecular formula is C7H13NO4. The number of rotatable bonds is 4. The van der Waals surface area contributed by atoms with E-state index in [0.717, 1.165) is 0 Å². The molecule has 1 saturated heterocycles. The van der Waals surface area contributed by atoms with Crippen molar-refractivity contribution in [2.75, 3.05) is 26.9 Å². The number of nitrogens with two attached hydrogens (primary N) is 1. The zero-order valence-electron chi connectivity index (χ0n) is 6.99. The smallest absolute Gasteiger partial charge is 0.325 e. The highest BCUT2D eigenvalue weighted by Crippen LogP contribution is 2.05. The Morgan fingerprint density at radius 2 is 2.42 bits per heavy atom. The summed E-state index contributed by atoms with van der Waals surface area (Å²) >= 11 is 0. The standard InChI is InChI=1S/C7H13NO4/c1-10-7(9)6(8)4-12-5-2-11-3-5/h5-6H,2-4,8H2,1H3. The predicted octanol–water partition coefficient (Wildman–Crippen LogP) is -1.10. The van der Waals surface area contributed by atoms with Crippen LogP contribution in [0.3, 0.4) is 0 Å². The van der Waals surface area contributed by atoms with Crippen LogP contribution in [0.4, 0.5) is 0 Å². The molecule has 1 fully saturated rings. The van der Waals surface area contributed by atoms with E-state index in [2.05, 4.69) is 4.74 Å². The lowest BCUT2D eigenvalue weighted by molar-refractivity contribution is -0.152. The fourth-order valence-corrected chi connectivity index (χ4v) is 0.769. The van der Waals surface area contributed by atoms with Crippen LogP contribution >= 0.6 is 0 Å². The number of carbonyl (C=O) groups excluding carboxylic acids is 1. The van der Waals surface area contributed by atoms with E-state index < -0.39 is 12.0 Å². The average Bonchev–Trinajstić information content (AvgIpc) is 2.00. The minimum Gasteiger partial charge on any atom is -0.468 e. The number of methoxy groups -OCH3 is 1. The molecule has 1 aliphatic rings. The number of ether oxygens (including phenoxy) is 3. The van der Waals surface area contributed by atoms with E-state index in [1.54, 1.807) is 0 Å². The second kappa shape index (κ2) is 4.39. The highest BCUT2D eigenvalue weighted by atomic mass is 16.6. The van der Waals surface area contributed by atoms with Gasteiger partial charge in [-0.15, -0.1) is 0 Å². The van der Waals surface area contributed by atoms with Gasteiger partial charge in [0, 0.05) is 0 Å². The molecule has 0 bridgehead atoms. The van der Waals surface area contributed by atoms with Gasteiger partial charge in [0.25, 0.3) is 0 Å². The van der Waals surface area contributed by atoms with E-state index in [1.807, 2.05) is 0 Å². The van der Waals surface area contributed by atoms with E-state index in [1.165, 1.54) is 7.11 Å². The lowest BCUT2D eigenvalue weighted by atomic mass is 10.3. The van der Waals surface area contributed by atoms with Gasteiger partial charge in [-0.2, -0.15) is 0 Å². The minimum atomic E-state index is -0.685. The largest absolute Gasteiger partial charge is 0.468 e. The third-order valence-electron chi connectivity index (χ3n) is 1.62. The van der Waals surface area contributed by atoms with E-state index in [9.17, 15) is 4.79 Å². The molecule has 0 aromatic carbocycles. The molecule has 0 spiro atoms. The Labute approximate surface area is 70.8 Å². The van der Waals surface area contributed by atoms with E-state index in [0.29, 0.717) is 13.2 Å². The van der Waals surface area contributed by atoms with Gasteiger partial charge in [-0.25, -0.2) is 0 Å². The molecule has 70 valence electrons. The number of hydrogen-bond acceptors (Lipinski definition) is 5. The summed E-state index contributed by atoms with van der Waals surface area (Å²) in [7, 11) is 1.30. The Hall–Kier alpha value is -0.650. The van der Waals surface area contributed by atoms with Crippen molar-refractivity contribution in [1.29, 1.82) is 0 Å².